The molecule has 0 aliphatic carbocycles. The number of nitrogens with zero attached hydrogens (tertiary/aromatic N) is 5. The molecule has 6 aromatic rings. The van der Waals surface area contributed by atoms with E-state index in [1.807, 2.05) is 78.9 Å². The van der Waals surface area contributed by atoms with Crippen molar-refractivity contribution in [2.45, 2.75) is 38.4 Å². The van der Waals surface area contributed by atoms with Gasteiger partial charge in [0.15, 0.2) is 0 Å². The highest BCUT2D eigenvalue weighted by molar-refractivity contribution is 6.08. The third-order valence-electron chi connectivity index (χ3n) is 10.5. The van der Waals surface area contributed by atoms with Gasteiger partial charge in [0.25, 0.3) is 11.8 Å². The first-order valence-corrected chi connectivity index (χ1v) is 18.4. The lowest BCUT2D eigenvalue weighted by Crippen LogP contribution is -2.37. The van der Waals surface area contributed by atoms with Crippen LogP contribution in [0.15, 0.2) is 78.9 Å². The van der Waals surface area contributed by atoms with E-state index in [0.717, 1.165) is 75.8 Å². The van der Waals surface area contributed by atoms with Crippen LogP contribution in [0.5, 0.6) is 11.5 Å². The summed E-state index contributed by atoms with van der Waals surface area (Å²) in [5.41, 5.74) is 7.03. The molecule has 3 aliphatic heterocycles. The van der Waals surface area contributed by atoms with Crippen LogP contribution in [-0.4, -0.2) is 93.0 Å². The number of aromatic nitrogens is 4. The van der Waals surface area contributed by atoms with E-state index in [0.29, 0.717) is 49.5 Å². The predicted octanol–water partition coefficient (Wildman–Crippen LogP) is 4.66. The summed E-state index contributed by atoms with van der Waals surface area (Å²) in [6, 6.07) is 24.9. The number of para-hydroxylation sites is 1. The Kier molecular flexibility index (Phi) is 8.76. The smallest absolute Gasteiger partial charge is 0.253 e. The summed E-state index contributed by atoms with van der Waals surface area (Å²) in [7, 11) is 0. The Morgan fingerprint density at radius 1 is 0.736 bits per heavy atom. The van der Waals surface area contributed by atoms with Gasteiger partial charge in [-0.2, -0.15) is 0 Å². The highest BCUT2D eigenvalue weighted by Gasteiger charge is 2.29. The molecule has 3 aliphatic rings. The predicted molar refractivity (Wildman–Crippen MR) is 201 cm³/mol. The molecule has 270 valence electrons. The van der Waals surface area contributed by atoms with E-state index in [-0.39, 0.29) is 31.1 Å². The maximum atomic E-state index is 13.8. The molecule has 2 aromatic heterocycles. The summed E-state index contributed by atoms with van der Waals surface area (Å²) in [6.07, 6.45) is 3.02. The number of ether oxygens (including phenoxy) is 2. The fraction of sp³-hybridized carbons (Fsp3) is 0.317. The van der Waals surface area contributed by atoms with Gasteiger partial charge < -0.3 is 34.3 Å². The van der Waals surface area contributed by atoms with Crippen molar-refractivity contribution >= 4 is 33.9 Å². The van der Waals surface area contributed by atoms with Gasteiger partial charge in [0.05, 0.1) is 45.8 Å². The molecular weight excluding hydrogens is 670 g/mol. The second-order valence-electron chi connectivity index (χ2n) is 13.9. The molecular formula is C41H41N7O5. The summed E-state index contributed by atoms with van der Waals surface area (Å²) in [5.74, 6) is 2.74. The van der Waals surface area contributed by atoms with E-state index in [2.05, 4.69) is 24.7 Å². The standard InChI is InChI=1S/C41H41N7O5/c49-21-23-53-31-13-6-26(7-14-31)38-44-34-5-3-4-32-36(34)48(38)25-29(43-41(32)51)24-28-10-15-33-37-35(28)45-39(47(37)19-16-42-40(33)50)27-8-11-30(12-9-27)52-22-20-46-17-1-2-18-46/h3-15,29,49H,1-2,16-25H2,(H,42,50)(H,43,51). The minimum absolute atomic E-state index is 0.0613. The van der Waals surface area contributed by atoms with Crippen LogP contribution in [0.25, 0.3) is 44.8 Å². The second kappa shape index (κ2) is 14.0. The van der Waals surface area contributed by atoms with Crippen molar-refractivity contribution in [2.75, 3.05) is 46.0 Å². The van der Waals surface area contributed by atoms with Crippen LogP contribution < -0.4 is 20.1 Å². The summed E-state index contributed by atoms with van der Waals surface area (Å²) in [4.78, 5) is 39.7. The highest BCUT2D eigenvalue weighted by atomic mass is 16.5. The Hall–Kier alpha value is -5.72. The Morgan fingerprint density at radius 2 is 1.43 bits per heavy atom. The number of benzene rings is 4. The van der Waals surface area contributed by atoms with Crippen molar-refractivity contribution in [2.24, 2.45) is 0 Å². The van der Waals surface area contributed by atoms with Gasteiger partial charge in [-0.1, -0.05) is 12.1 Å². The lowest BCUT2D eigenvalue weighted by atomic mass is 10.0. The summed E-state index contributed by atoms with van der Waals surface area (Å²) in [6.45, 7) is 5.58. The number of carbonyl (C=O) groups excluding carboxylic acids is 2. The van der Waals surface area contributed by atoms with Crippen molar-refractivity contribution in [1.29, 1.82) is 0 Å². The number of hydrogen-bond donors (Lipinski definition) is 3. The molecule has 12 nitrogen and oxygen atoms in total. The van der Waals surface area contributed by atoms with Crippen LogP contribution in [0.2, 0.25) is 0 Å². The zero-order valence-corrected chi connectivity index (χ0v) is 29.4. The lowest BCUT2D eigenvalue weighted by Gasteiger charge is -2.19. The van der Waals surface area contributed by atoms with Crippen LogP contribution in [0.4, 0.5) is 0 Å². The van der Waals surface area contributed by atoms with Crippen molar-refractivity contribution < 1.29 is 24.2 Å². The van der Waals surface area contributed by atoms with Gasteiger partial charge >= 0.3 is 0 Å². The topological polar surface area (TPSA) is 136 Å². The van der Waals surface area contributed by atoms with Crippen LogP contribution in [-0.2, 0) is 19.5 Å². The normalized spacial score (nSPS) is 17.1. The molecule has 0 spiro atoms. The average molecular weight is 712 g/mol. The second-order valence-corrected chi connectivity index (χ2v) is 13.9. The number of aliphatic hydroxyl groups is 1. The maximum absolute atomic E-state index is 13.8. The van der Waals surface area contributed by atoms with Gasteiger partial charge in [0.2, 0.25) is 0 Å². The molecule has 3 N–H and O–H groups in total. The van der Waals surface area contributed by atoms with E-state index < -0.39 is 0 Å². The first-order valence-electron chi connectivity index (χ1n) is 18.4. The molecule has 1 unspecified atom stereocenters. The van der Waals surface area contributed by atoms with Crippen molar-refractivity contribution in [1.82, 2.24) is 34.6 Å². The minimum atomic E-state index is -0.295. The fourth-order valence-corrected chi connectivity index (χ4v) is 7.99. The Labute approximate surface area is 306 Å². The van der Waals surface area contributed by atoms with E-state index in [9.17, 15) is 9.59 Å². The van der Waals surface area contributed by atoms with Crippen LogP contribution in [0.1, 0.15) is 39.1 Å². The van der Waals surface area contributed by atoms with Crippen molar-refractivity contribution in [3.63, 3.8) is 0 Å². The number of nitrogens with one attached hydrogen (secondary N) is 2. The molecule has 0 saturated carbocycles. The number of likely N-dealkylation sites (tertiary alicyclic amines) is 1. The summed E-state index contributed by atoms with van der Waals surface area (Å²) in [5, 5.41) is 15.5. The summed E-state index contributed by atoms with van der Waals surface area (Å²) < 4.78 is 15.9. The molecule has 0 radical (unpaired) electrons. The first kappa shape index (κ1) is 33.1. The van der Waals surface area contributed by atoms with E-state index in [4.69, 9.17) is 24.5 Å². The molecule has 1 atom stereocenters. The largest absolute Gasteiger partial charge is 0.492 e. The molecule has 1 saturated heterocycles. The average Bonchev–Trinajstić information content (AvgIpc) is 3.88. The Bertz CT molecular complexity index is 2320. The van der Waals surface area contributed by atoms with Crippen LogP contribution in [0.3, 0.4) is 0 Å². The number of carbonyl (C=O) groups is 2. The molecule has 4 aromatic carbocycles. The number of imidazole rings is 2. The zero-order valence-electron chi connectivity index (χ0n) is 29.4. The monoisotopic (exact) mass is 711 g/mol. The van der Waals surface area contributed by atoms with Gasteiger partial charge in [-0.15, -0.1) is 0 Å². The lowest BCUT2D eigenvalue weighted by molar-refractivity contribution is 0.0936. The molecule has 5 heterocycles. The Morgan fingerprint density at radius 3 is 2.17 bits per heavy atom. The maximum Gasteiger partial charge on any atom is 0.253 e. The van der Waals surface area contributed by atoms with Crippen molar-refractivity contribution in [3.05, 3.63) is 95.6 Å². The third-order valence-corrected chi connectivity index (χ3v) is 10.5. The number of amides is 2. The number of hydrogen-bond acceptors (Lipinski definition) is 8. The minimum Gasteiger partial charge on any atom is -0.492 e. The molecule has 53 heavy (non-hydrogen) atoms. The van der Waals surface area contributed by atoms with Crippen LogP contribution >= 0.6 is 0 Å². The molecule has 1 fully saturated rings. The first-order chi connectivity index (χ1) is 26.0. The highest BCUT2D eigenvalue weighted by Crippen LogP contribution is 2.34. The van der Waals surface area contributed by atoms with Crippen LogP contribution in [0, 0.1) is 0 Å². The quantitative estimate of drug-likeness (QED) is 0.177. The third kappa shape index (κ3) is 6.27. The van der Waals surface area contributed by atoms with Gasteiger partial charge in [0.1, 0.15) is 36.4 Å². The molecule has 0 bridgehead atoms. The SMILES string of the molecule is O=C1NC(Cc2ccc3c4c2nc(-c2ccc(OCCN5CCCC5)cc2)n4CCNC3=O)Cn2c(-c3ccc(OCCO)cc3)nc3cccc1c32. The van der Waals surface area contributed by atoms with E-state index >= 15 is 0 Å². The molecule has 9 rings (SSSR count). The Balaban J connectivity index is 1.04. The number of aliphatic hydroxyl groups excluding tert-OH is 1. The van der Waals surface area contributed by atoms with E-state index in [1.54, 1.807) is 0 Å². The zero-order chi connectivity index (χ0) is 35.9. The number of rotatable bonds is 11. The van der Waals surface area contributed by atoms with E-state index in [1.165, 1.54) is 12.8 Å². The van der Waals surface area contributed by atoms with Crippen molar-refractivity contribution in [3.8, 4) is 34.3 Å². The fourth-order valence-electron chi connectivity index (χ4n) is 7.99. The van der Waals surface area contributed by atoms with Gasteiger partial charge in [-0.3, -0.25) is 14.5 Å². The molecule has 2 amide bonds. The van der Waals surface area contributed by atoms with Gasteiger partial charge in [-0.25, -0.2) is 9.97 Å². The summed E-state index contributed by atoms with van der Waals surface area (Å²) >= 11 is 0. The van der Waals surface area contributed by atoms with Gasteiger partial charge in [0, 0.05) is 37.3 Å². The van der Waals surface area contributed by atoms with Gasteiger partial charge in [-0.05, 0) is 105 Å². The molecule has 12 heteroatoms.